The highest BCUT2D eigenvalue weighted by Gasteiger charge is 2.15. The van der Waals surface area contributed by atoms with Crippen molar-refractivity contribution >= 4 is 0 Å². The Morgan fingerprint density at radius 2 is 2.14 bits per heavy atom. The maximum absolute atomic E-state index is 5.84. The van der Waals surface area contributed by atoms with Crippen molar-refractivity contribution in [1.82, 2.24) is 14.9 Å². The summed E-state index contributed by atoms with van der Waals surface area (Å²) < 4.78 is 0. The molecule has 4 nitrogen and oxygen atoms in total. The van der Waals surface area contributed by atoms with E-state index in [9.17, 15) is 0 Å². The Bertz CT molecular complexity index is 267. The molecule has 4 heteroatoms. The van der Waals surface area contributed by atoms with E-state index >= 15 is 0 Å². The van der Waals surface area contributed by atoms with E-state index < -0.39 is 0 Å². The Balaban J connectivity index is 1.87. The highest BCUT2D eigenvalue weighted by Crippen LogP contribution is 2.10. The lowest BCUT2D eigenvalue weighted by Gasteiger charge is -2.29. The Labute approximate surface area is 84.2 Å². The summed E-state index contributed by atoms with van der Waals surface area (Å²) in [6.45, 7) is 3.07. The second-order valence-corrected chi connectivity index (χ2v) is 3.81. The molecule has 0 spiro atoms. The molecule has 1 saturated heterocycles. The maximum Gasteiger partial charge on any atom is 0.0726 e. The Morgan fingerprint density at radius 1 is 1.36 bits per heavy atom. The summed E-state index contributed by atoms with van der Waals surface area (Å²) in [5.74, 6) is 0. The van der Waals surface area contributed by atoms with Gasteiger partial charge in [0.15, 0.2) is 0 Å². The van der Waals surface area contributed by atoms with Gasteiger partial charge in [0.2, 0.25) is 0 Å². The number of aromatic nitrogens is 2. The van der Waals surface area contributed by atoms with Gasteiger partial charge in [-0.05, 0) is 12.8 Å². The van der Waals surface area contributed by atoms with Gasteiger partial charge in [-0.15, -0.1) is 0 Å². The van der Waals surface area contributed by atoms with Gasteiger partial charge in [0.05, 0.1) is 5.69 Å². The van der Waals surface area contributed by atoms with Gasteiger partial charge < -0.3 is 5.73 Å². The summed E-state index contributed by atoms with van der Waals surface area (Å²) in [5, 5.41) is 0. The molecule has 0 aliphatic carbocycles. The maximum atomic E-state index is 5.84. The lowest BCUT2D eigenvalue weighted by Crippen LogP contribution is -2.39. The van der Waals surface area contributed by atoms with Crippen LogP contribution >= 0.6 is 0 Å². The third-order valence-electron chi connectivity index (χ3n) is 2.63. The number of nitrogens with two attached hydrogens (primary N) is 1. The molecule has 1 aliphatic heterocycles. The molecule has 2 rings (SSSR count). The number of nitrogens with zero attached hydrogens (tertiary/aromatic N) is 3. The highest BCUT2D eigenvalue weighted by molar-refractivity contribution is 4.94. The van der Waals surface area contributed by atoms with E-state index in [1.807, 2.05) is 6.20 Å². The van der Waals surface area contributed by atoms with Gasteiger partial charge in [-0.2, -0.15) is 0 Å². The molecule has 1 fully saturated rings. The second kappa shape index (κ2) is 4.48. The monoisotopic (exact) mass is 192 g/mol. The summed E-state index contributed by atoms with van der Waals surface area (Å²) >= 11 is 0. The first-order valence-electron chi connectivity index (χ1n) is 5.07. The number of hydrogen-bond acceptors (Lipinski definition) is 4. The molecular weight excluding hydrogens is 176 g/mol. The summed E-state index contributed by atoms with van der Waals surface area (Å²) in [4.78, 5) is 10.7. The number of rotatable bonds is 2. The van der Waals surface area contributed by atoms with Crippen LogP contribution in [0.3, 0.4) is 0 Å². The fraction of sp³-hybridized carbons (Fsp3) is 0.600. The normalized spacial score (nSPS) is 19.8. The fourth-order valence-corrected chi connectivity index (χ4v) is 1.75. The van der Waals surface area contributed by atoms with E-state index in [2.05, 4.69) is 14.9 Å². The lowest BCUT2D eigenvalue weighted by molar-refractivity contribution is 0.203. The van der Waals surface area contributed by atoms with Crippen LogP contribution in [0.15, 0.2) is 18.6 Å². The van der Waals surface area contributed by atoms with Gasteiger partial charge >= 0.3 is 0 Å². The molecule has 1 aliphatic rings. The minimum atomic E-state index is 0.396. The molecule has 0 saturated carbocycles. The molecule has 2 heterocycles. The van der Waals surface area contributed by atoms with Crippen LogP contribution in [0, 0.1) is 0 Å². The van der Waals surface area contributed by atoms with Gasteiger partial charge in [-0.1, -0.05) is 0 Å². The average Bonchev–Trinajstić information content (AvgIpc) is 2.23. The van der Waals surface area contributed by atoms with Crippen LogP contribution < -0.4 is 5.73 Å². The zero-order valence-corrected chi connectivity index (χ0v) is 8.26. The van der Waals surface area contributed by atoms with Crippen molar-refractivity contribution in [1.29, 1.82) is 0 Å². The number of piperidine rings is 1. The minimum Gasteiger partial charge on any atom is -0.328 e. The van der Waals surface area contributed by atoms with Crippen molar-refractivity contribution in [3.05, 3.63) is 24.3 Å². The van der Waals surface area contributed by atoms with Crippen LogP contribution in [0.4, 0.5) is 0 Å². The van der Waals surface area contributed by atoms with Crippen LogP contribution in [0.2, 0.25) is 0 Å². The molecule has 2 N–H and O–H groups in total. The van der Waals surface area contributed by atoms with Crippen molar-refractivity contribution < 1.29 is 0 Å². The molecule has 0 aromatic carbocycles. The van der Waals surface area contributed by atoms with Gasteiger partial charge in [-0.25, -0.2) is 0 Å². The zero-order chi connectivity index (χ0) is 9.80. The van der Waals surface area contributed by atoms with Crippen molar-refractivity contribution in [2.24, 2.45) is 5.73 Å². The zero-order valence-electron chi connectivity index (χ0n) is 8.26. The molecule has 1 aromatic rings. The van der Waals surface area contributed by atoms with Crippen molar-refractivity contribution in [2.75, 3.05) is 13.1 Å². The summed E-state index contributed by atoms with van der Waals surface area (Å²) in [6.07, 6.45) is 7.47. The summed E-state index contributed by atoms with van der Waals surface area (Å²) in [6, 6.07) is 0.396. The van der Waals surface area contributed by atoms with E-state index in [4.69, 9.17) is 5.73 Å². The fourth-order valence-electron chi connectivity index (χ4n) is 1.75. The third-order valence-corrected chi connectivity index (χ3v) is 2.63. The molecule has 14 heavy (non-hydrogen) atoms. The molecule has 0 radical (unpaired) electrons. The van der Waals surface area contributed by atoms with E-state index in [-0.39, 0.29) is 0 Å². The standard InChI is InChI=1S/C10H16N4/c11-9-1-5-14(6-2-9)8-10-7-12-3-4-13-10/h3-4,7,9H,1-2,5-6,8,11H2. The largest absolute Gasteiger partial charge is 0.328 e. The first-order chi connectivity index (χ1) is 6.84. The van der Waals surface area contributed by atoms with E-state index in [0.29, 0.717) is 6.04 Å². The predicted octanol–water partition coefficient (Wildman–Crippen LogP) is 0.400. The van der Waals surface area contributed by atoms with Gasteiger partial charge in [0.1, 0.15) is 0 Å². The van der Waals surface area contributed by atoms with Crippen LogP contribution in [-0.4, -0.2) is 34.0 Å². The molecule has 0 unspecified atom stereocenters. The van der Waals surface area contributed by atoms with Crippen molar-refractivity contribution in [3.63, 3.8) is 0 Å². The lowest BCUT2D eigenvalue weighted by atomic mass is 10.1. The molecular formula is C10H16N4. The van der Waals surface area contributed by atoms with Crippen molar-refractivity contribution in [2.45, 2.75) is 25.4 Å². The number of likely N-dealkylation sites (tertiary alicyclic amines) is 1. The number of hydrogen-bond donors (Lipinski definition) is 1. The highest BCUT2D eigenvalue weighted by atomic mass is 15.1. The molecule has 0 bridgehead atoms. The van der Waals surface area contributed by atoms with E-state index in [1.54, 1.807) is 12.4 Å². The first-order valence-corrected chi connectivity index (χ1v) is 5.07. The minimum absolute atomic E-state index is 0.396. The quantitative estimate of drug-likeness (QED) is 0.737. The van der Waals surface area contributed by atoms with Crippen molar-refractivity contribution in [3.8, 4) is 0 Å². The predicted molar refractivity (Wildman–Crippen MR) is 54.5 cm³/mol. The molecule has 76 valence electrons. The van der Waals surface area contributed by atoms with Crippen LogP contribution in [0.25, 0.3) is 0 Å². The Morgan fingerprint density at radius 3 is 2.79 bits per heavy atom. The summed E-state index contributed by atoms with van der Waals surface area (Å²) in [5.41, 5.74) is 6.88. The smallest absolute Gasteiger partial charge is 0.0726 e. The molecule has 0 amide bonds. The van der Waals surface area contributed by atoms with Crippen LogP contribution in [0.5, 0.6) is 0 Å². The second-order valence-electron chi connectivity index (χ2n) is 3.81. The molecule has 1 aromatic heterocycles. The van der Waals surface area contributed by atoms with Gasteiger partial charge in [0, 0.05) is 44.3 Å². The first kappa shape index (κ1) is 9.55. The van der Waals surface area contributed by atoms with E-state index in [0.717, 1.165) is 38.2 Å². The van der Waals surface area contributed by atoms with Gasteiger partial charge in [0.25, 0.3) is 0 Å². The summed E-state index contributed by atoms with van der Waals surface area (Å²) in [7, 11) is 0. The molecule has 0 atom stereocenters. The Kier molecular flexibility index (Phi) is 3.06. The van der Waals surface area contributed by atoms with Crippen LogP contribution in [-0.2, 0) is 6.54 Å². The van der Waals surface area contributed by atoms with Crippen LogP contribution in [0.1, 0.15) is 18.5 Å². The average molecular weight is 192 g/mol. The van der Waals surface area contributed by atoms with E-state index in [1.165, 1.54) is 0 Å². The Hall–Kier alpha value is -1.00. The SMILES string of the molecule is NC1CCN(Cc2cnccn2)CC1. The topological polar surface area (TPSA) is 55.0 Å². The van der Waals surface area contributed by atoms with Gasteiger partial charge in [-0.3, -0.25) is 14.9 Å². The third kappa shape index (κ3) is 2.49.